The Morgan fingerprint density at radius 3 is 2.75 bits per heavy atom. The topological polar surface area (TPSA) is 55.1 Å². The molecule has 1 rings (SSSR count). The number of nitrogens with one attached hydrogen (secondary N) is 1. The summed E-state index contributed by atoms with van der Waals surface area (Å²) in [4.78, 5) is 10.4. The third kappa shape index (κ3) is 3.72. The van der Waals surface area contributed by atoms with E-state index in [1.165, 1.54) is 19.3 Å². The third-order valence-corrected chi connectivity index (χ3v) is 2.43. The quantitative estimate of drug-likeness (QED) is 0.575. The number of primary amides is 1. The molecule has 0 spiro atoms. The largest absolute Gasteiger partial charge is 0.370 e. The van der Waals surface area contributed by atoms with E-state index in [4.69, 9.17) is 5.73 Å². The van der Waals surface area contributed by atoms with Gasteiger partial charge in [0.2, 0.25) is 5.91 Å². The molecule has 3 nitrogen and oxygen atoms in total. The maximum Gasteiger partial charge on any atom is 0.217 e. The molecule has 3 heteroatoms. The van der Waals surface area contributed by atoms with E-state index in [0.717, 1.165) is 25.4 Å². The van der Waals surface area contributed by atoms with Crippen LogP contribution in [0.15, 0.2) is 0 Å². The fourth-order valence-corrected chi connectivity index (χ4v) is 1.39. The molecule has 0 aliphatic heterocycles. The average Bonchev–Trinajstić information content (AvgIpc) is 1.92. The average molecular weight is 170 g/mol. The van der Waals surface area contributed by atoms with Crippen LogP contribution in [0.2, 0.25) is 0 Å². The van der Waals surface area contributed by atoms with Crippen molar-refractivity contribution >= 4 is 5.91 Å². The predicted molar refractivity (Wildman–Crippen MR) is 48.6 cm³/mol. The van der Waals surface area contributed by atoms with E-state index in [-0.39, 0.29) is 5.91 Å². The summed E-state index contributed by atoms with van der Waals surface area (Å²) >= 11 is 0. The maximum atomic E-state index is 10.4. The normalized spacial score (nSPS) is 17.3. The van der Waals surface area contributed by atoms with E-state index in [1.807, 2.05) is 0 Å². The number of carbonyl (C=O) groups is 1. The van der Waals surface area contributed by atoms with Gasteiger partial charge in [-0.05, 0) is 38.3 Å². The van der Waals surface area contributed by atoms with Gasteiger partial charge in [-0.1, -0.05) is 6.42 Å². The fraction of sp³-hybridized carbons (Fsp3) is 0.889. The molecular formula is C9H18N2O. The van der Waals surface area contributed by atoms with E-state index < -0.39 is 0 Å². The smallest absolute Gasteiger partial charge is 0.217 e. The van der Waals surface area contributed by atoms with E-state index in [2.05, 4.69) is 5.32 Å². The van der Waals surface area contributed by atoms with Crippen LogP contribution in [-0.2, 0) is 4.79 Å². The van der Waals surface area contributed by atoms with Gasteiger partial charge in [0.1, 0.15) is 0 Å². The first kappa shape index (κ1) is 9.52. The van der Waals surface area contributed by atoms with Crippen molar-refractivity contribution in [1.29, 1.82) is 0 Å². The number of amides is 1. The van der Waals surface area contributed by atoms with E-state index in [1.54, 1.807) is 0 Å². The Morgan fingerprint density at radius 2 is 2.25 bits per heavy atom. The molecule has 0 aromatic carbocycles. The Hall–Kier alpha value is -0.570. The van der Waals surface area contributed by atoms with Crippen molar-refractivity contribution in [1.82, 2.24) is 5.32 Å². The number of rotatable bonds is 6. The molecule has 0 aromatic heterocycles. The van der Waals surface area contributed by atoms with Gasteiger partial charge in [0, 0.05) is 6.42 Å². The van der Waals surface area contributed by atoms with Crippen molar-refractivity contribution in [2.24, 2.45) is 11.7 Å². The van der Waals surface area contributed by atoms with Crippen LogP contribution in [0.5, 0.6) is 0 Å². The summed E-state index contributed by atoms with van der Waals surface area (Å²) in [5.74, 6) is 0.707. The first-order valence-electron chi connectivity index (χ1n) is 4.78. The molecule has 70 valence electrons. The Kier molecular flexibility index (Phi) is 4.08. The summed E-state index contributed by atoms with van der Waals surface area (Å²) in [5.41, 5.74) is 5.01. The molecule has 1 amide bonds. The van der Waals surface area contributed by atoms with Gasteiger partial charge in [0.15, 0.2) is 0 Å². The van der Waals surface area contributed by atoms with Crippen LogP contribution in [-0.4, -0.2) is 19.0 Å². The number of hydrogen-bond acceptors (Lipinski definition) is 2. The molecule has 0 saturated heterocycles. The van der Waals surface area contributed by atoms with Crippen molar-refractivity contribution in [3.8, 4) is 0 Å². The summed E-state index contributed by atoms with van der Waals surface area (Å²) < 4.78 is 0. The van der Waals surface area contributed by atoms with Crippen molar-refractivity contribution < 1.29 is 4.79 Å². The highest BCUT2D eigenvalue weighted by atomic mass is 16.1. The summed E-state index contributed by atoms with van der Waals surface area (Å²) in [7, 11) is 0. The van der Waals surface area contributed by atoms with Crippen molar-refractivity contribution in [3.05, 3.63) is 0 Å². The minimum atomic E-state index is -0.194. The number of hydrogen-bond donors (Lipinski definition) is 2. The highest BCUT2D eigenvalue weighted by molar-refractivity contribution is 5.73. The minimum absolute atomic E-state index is 0.194. The number of nitrogens with two attached hydrogens (primary N) is 1. The Morgan fingerprint density at radius 1 is 1.50 bits per heavy atom. The fourth-order valence-electron chi connectivity index (χ4n) is 1.39. The number of carbonyl (C=O) groups excluding carboxylic acids is 1. The van der Waals surface area contributed by atoms with Crippen LogP contribution in [0.25, 0.3) is 0 Å². The van der Waals surface area contributed by atoms with Gasteiger partial charge in [-0.25, -0.2) is 0 Å². The molecule has 3 N–H and O–H groups in total. The van der Waals surface area contributed by atoms with Crippen LogP contribution in [0.4, 0.5) is 0 Å². The van der Waals surface area contributed by atoms with Crippen LogP contribution in [0.3, 0.4) is 0 Å². The molecule has 0 radical (unpaired) electrons. The first-order chi connectivity index (χ1) is 5.79. The lowest BCUT2D eigenvalue weighted by Gasteiger charge is -2.25. The van der Waals surface area contributed by atoms with Crippen molar-refractivity contribution in [2.45, 2.75) is 32.1 Å². The molecule has 1 aliphatic rings. The van der Waals surface area contributed by atoms with E-state index in [9.17, 15) is 4.79 Å². The van der Waals surface area contributed by atoms with Gasteiger partial charge < -0.3 is 11.1 Å². The summed E-state index contributed by atoms with van der Waals surface area (Å²) in [6.45, 7) is 2.05. The van der Waals surface area contributed by atoms with Crippen molar-refractivity contribution in [3.63, 3.8) is 0 Å². The molecular weight excluding hydrogens is 152 g/mol. The molecule has 0 heterocycles. The van der Waals surface area contributed by atoms with E-state index in [0.29, 0.717) is 6.42 Å². The Bertz CT molecular complexity index is 143. The summed E-state index contributed by atoms with van der Waals surface area (Å²) in [6, 6.07) is 0. The van der Waals surface area contributed by atoms with Crippen molar-refractivity contribution in [2.75, 3.05) is 13.1 Å². The highest BCUT2D eigenvalue weighted by Gasteiger charge is 2.15. The van der Waals surface area contributed by atoms with E-state index >= 15 is 0 Å². The van der Waals surface area contributed by atoms with Gasteiger partial charge >= 0.3 is 0 Å². The summed E-state index contributed by atoms with van der Waals surface area (Å²) in [5, 5.41) is 3.33. The SMILES string of the molecule is NC(=O)CCCNCC1CCC1. The molecule has 1 fully saturated rings. The Labute approximate surface area is 73.7 Å². The van der Waals surface area contributed by atoms with Crippen LogP contribution < -0.4 is 11.1 Å². The van der Waals surface area contributed by atoms with Gasteiger partial charge in [0.05, 0.1) is 0 Å². The standard InChI is InChI=1S/C9H18N2O/c10-9(12)5-2-6-11-7-8-3-1-4-8/h8,11H,1-7H2,(H2,10,12). The zero-order valence-corrected chi connectivity index (χ0v) is 7.51. The molecule has 0 atom stereocenters. The molecule has 0 unspecified atom stereocenters. The molecule has 12 heavy (non-hydrogen) atoms. The molecule has 0 bridgehead atoms. The second kappa shape index (κ2) is 5.14. The minimum Gasteiger partial charge on any atom is -0.370 e. The Balaban J connectivity index is 1.79. The zero-order chi connectivity index (χ0) is 8.81. The van der Waals surface area contributed by atoms with Gasteiger partial charge in [0.25, 0.3) is 0 Å². The van der Waals surface area contributed by atoms with Gasteiger partial charge in [-0.15, -0.1) is 0 Å². The van der Waals surface area contributed by atoms with Crippen LogP contribution in [0.1, 0.15) is 32.1 Å². The third-order valence-electron chi connectivity index (χ3n) is 2.43. The van der Waals surface area contributed by atoms with Gasteiger partial charge in [-0.3, -0.25) is 4.79 Å². The lowest BCUT2D eigenvalue weighted by Crippen LogP contribution is -2.28. The predicted octanol–water partition coefficient (Wildman–Crippen LogP) is 0.642. The molecule has 0 aromatic rings. The summed E-state index contributed by atoms with van der Waals surface area (Å²) in [6.07, 6.45) is 5.54. The molecule has 1 aliphatic carbocycles. The second-order valence-corrected chi connectivity index (χ2v) is 3.57. The highest BCUT2D eigenvalue weighted by Crippen LogP contribution is 2.24. The van der Waals surface area contributed by atoms with Gasteiger partial charge in [-0.2, -0.15) is 0 Å². The zero-order valence-electron chi connectivity index (χ0n) is 7.51. The lowest BCUT2D eigenvalue weighted by molar-refractivity contribution is -0.118. The molecule has 1 saturated carbocycles. The monoisotopic (exact) mass is 170 g/mol. The first-order valence-corrected chi connectivity index (χ1v) is 4.78. The maximum absolute atomic E-state index is 10.4. The van der Waals surface area contributed by atoms with Crippen LogP contribution >= 0.6 is 0 Å². The second-order valence-electron chi connectivity index (χ2n) is 3.57. The lowest BCUT2D eigenvalue weighted by atomic mass is 9.85. The van der Waals surface area contributed by atoms with Crippen LogP contribution in [0, 0.1) is 5.92 Å².